The van der Waals surface area contributed by atoms with Crippen molar-refractivity contribution in [2.45, 2.75) is 57.7 Å². The van der Waals surface area contributed by atoms with E-state index in [-0.39, 0.29) is 31.3 Å². The number of amides is 4. The molecule has 3 heterocycles. The Labute approximate surface area is 163 Å². The Morgan fingerprint density at radius 1 is 1.18 bits per heavy atom. The summed E-state index contributed by atoms with van der Waals surface area (Å²) in [4.78, 5) is 41.4. The van der Waals surface area contributed by atoms with Crippen molar-refractivity contribution in [3.63, 3.8) is 0 Å². The van der Waals surface area contributed by atoms with Crippen LogP contribution in [0.2, 0.25) is 0 Å². The molecule has 4 amide bonds. The second-order valence-corrected chi connectivity index (χ2v) is 7.94. The monoisotopic (exact) mass is 387 g/mol. The third-order valence-electron chi connectivity index (χ3n) is 6.00. The first-order chi connectivity index (χ1) is 13.3. The third kappa shape index (κ3) is 2.87. The van der Waals surface area contributed by atoms with Gasteiger partial charge >= 0.3 is 6.03 Å². The van der Waals surface area contributed by atoms with E-state index in [0.29, 0.717) is 17.1 Å². The Kier molecular flexibility index (Phi) is 4.44. The zero-order valence-corrected chi connectivity index (χ0v) is 16.4. The molecule has 2 saturated heterocycles. The van der Waals surface area contributed by atoms with Crippen LogP contribution in [0.3, 0.4) is 0 Å². The van der Waals surface area contributed by atoms with Crippen LogP contribution in [-0.2, 0) is 15.1 Å². The smallest absolute Gasteiger partial charge is 0.325 e. The Morgan fingerprint density at radius 2 is 1.86 bits per heavy atom. The average molecular weight is 387 g/mol. The van der Waals surface area contributed by atoms with Gasteiger partial charge in [-0.1, -0.05) is 6.07 Å². The largest absolute Gasteiger partial charge is 0.454 e. The zero-order valence-electron chi connectivity index (χ0n) is 16.4. The number of hydrogen-bond donors (Lipinski definition) is 1. The molecule has 0 aromatic heterocycles. The molecule has 8 nitrogen and oxygen atoms in total. The van der Waals surface area contributed by atoms with Crippen LogP contribution in [0.4, 0.5) is 4.79 Å². The Hall–Kier alpha value is -2.77. The second-order valence-electron chi connectivity index (χ2n) is 7.94. The van der Waals surface area contributed by atoms with Crippen molar-refractivity contribution in [3.8, 4) is 11.5 Å². The highest BCUT2D eigenvalue weighted by Gasteiger charge is 2.50. The molecule has 0 spiro atoms. The summed E-state index contributed by atoms with van der Waals surface area (Å²) in [6, 6.07) is 4.80. The summed E-state index contributed by atoms with van der Waals surface area (Å²) < 4.78 is 10.7. The van der Waals surface area contributed by atoms with Crippen LogP contribution in [0.25, 0.3) is 0 Å². The van der Waals surface area contributed by atoms with E-state index in [1.807, 2.05) is 13.8 Å². The van der Waals surface area contributed by atoms with E-state index in [1.54, 1.807) is 30.0 Å². The van der Waals surface area contributed by atoms with Crippen molar-refractivity contribution in [2.24, 2.45) is 0 Å². The molecule has 2 fully saturated rings. The number of likely N-dealkylation sites (tertiary alicyclic amines) is 1. The minimum absolute atomic E-state index is 0.109. The Balaban J connectivity index is 1.54. The molecule has 4 rings (SSSR count). The van der Waals surface area contributed by atoms with E-state index >= 15 is 0 Å². The fourth-order valence-electron chi connectivity index (χ4n) is 4.37. The van der Waals surface area contributed by atoms with Gasteiger partial charge in [0.15, 0.2) is 11.5 Å². The van der Waals surface area contributed by atoms with Crippen molar-refractivity contribution in [3.05, 3.63) is 23.8 Å². The number of rotatable bonds is 3. The standard InChI is InChI=1S/C20H25N3O5/c1-12-5-4-6-13(2)23(12)17(24)10-22-18(25)20(3,21-19(22)26)14-7-8-15-16(9-14)28-11-27-15/h7-9,12-13H,4-6,10-11H2,1-3H3,(H,21,26)/t12-,13+,20-/m1/s1. The minimum atomic E-state index is -1.25. The van der Waals surface area contributed by atoms with Gasteiger partial charge in [-0.25, -0.2) is 4.79 Å². The van der Waals surface area contributed by atoms with Crippen molar-refractivity contribution in [1.82, 2.24) is 15.1 Å². The fraction of sp³-hybridized carbons (Fsp3) is 0.550. The molecular formula is C20H25N3O5. The maximum Gasteiger partial charge on any atom is 0.325 e. The van der Waals surface area contributed by atoms with Gasteiger partial charge in [-0.3, -0.25) is 14.5 Å². The molecule has 0 bridgehead atoms. The second kappa shape index (κ2) is 6.68. The molecule has 1 aromatic carbocycles. The lowest BCUT2D eigenvalue weighted by atomic mass is 9.91. The Bertz CT molecular complexity index is 831. The summed E-state index contributed by atoms with van der Waals surface area (Å²) in [5, 5.41) is 2.74. The molecule has 0 aliphatic carbocycles. The molecule has 28 heavy (non-hydrogen) atoms. The summed E-state index contributed by atoms with van der Waals surface area (Å²) in [5.74, 6) is 0.496. The molecule has 0 unspecified atom stereocenters. The normalized spacial score (nSPS) is 29.2. The number of benzene rings is 1. The molecule has 3 aliphatic heterocycles. The zero-order chi connectivity index (χ0) is 20.1. The summed E-state index contributed by atoms with van der Waals surface area (Å²) in [7, 11) is 0. The summed E-state index contributed by atoms with van der Waals surface area (Å²) in [6.07, 6.45) is 2.95. The van der Waals surface area contributed by atoms with Crippen molar-refractivity contribution >= 4 is 17.8 Å². The first-order valence-corrected chi connectivity index (χ1v) is 9.66. The first kappa shape index (κ1) is 18.6. The van der Waals surface area contributed by atoms with E-state index in [4.69, 9.17) is 9.47 Å². The highest BCUT2D eigenvalue weighted by atomic mass is 16.7. The maximum absolute atomic E-state index is 13.1. The SMILES string of the molecule is C[C@@H]1CCC[C@H](C)N1C(=O)CN1C(=O)N[C@](C)(c2ccc3c(c2)OCO3)C1=O. The van der Waals surface area contributed by atoms with E-state index in [9.17, 15) is 14.4 Å². The number of ether oxygens (including phenoxy) is 2. The lowest BCUT2D eigenvalue weighted by molar-refractivity contribution is -0.142. The average Bonchev–Trinajstić information content (AvgIpc) is 3.20. The molecule has 0 radical (unpaired) electrons. The number of fused-ring (bicyclic) bond motifs is 1. The van der Waals surface area contributed by atoms with Crippen LogP contribution >= 0.6 is 0 Å². The van der Waals surface area contributed by atoms with Crippen molar-refractivity contribution in [1.29, 1.82) is 0 Å². The fourth-order valence-corrected chi connectivity index (χ4v) is 4.37. The molecule has 8 heteroatoms. The van der Waals surface area contributed by atoms with Gasteiger partial charge in [0.1, 0.15) is 12.1 Å². The number of piperidine rings is 1. The number of hydrogen-bond acceptors (Lipinski definition) is 5. The first-order valence-electron chi connectivity index (χ1n) is 9.66. The van der Waals surface area contributed by atoms with Crippen LogP contribution in [0, 0.1) is 0 Å². The molecule has 150 valence electrons. The predicted molar refractivity (Wildman–Crippen MR) is 99.8 cm³/mol. The van der Waals surface area contributed by atoms with Gasteiger partial charge in [0.2, 0.25) is 12.7 Å². The molecule has 1 aromatic rings. The number of carbonyl (C=O) groups excluding carboxylic acids is 3. The molecule has 3 aliphatic rings. The summed E-state index contributed by atoms with van der Waals surface area (Å²) in [5.41, 5.74) is -0.665. The number of imide groups is 1. The summed E-state index contributed by atoms with van der Waals surface area (Å²) in [6.45, 7) is 5.54. The van der Waals surface area contributed by atoms with E-state index < -0.39 is 17.5 Å². The molecule has 0 saturated carbocycles. The van der Waals surface area contributed by atoms with Crippen LogP contribution in [0.15, 0.2) is 18.2 Å². The van der Waals surface area contributed by atoms with Crippen molar-refractivity contribution in [2.75, 3.05) is 13.3 Å². The molecule has 3 atom stereocenters. The van der Waals surface area contributed by atoms with Gasteiger partial charge in [-0.2, -0.15) is 0 Å². The van der Waals surface area contributed by atoms with Gasteiger partial charge in [-0.15, -0.1) is 0 Å². The lowest BCUT2D eigenvalue weighted by Gasteiger charge is -2.39. The summed E-state index contributed by atoms with van der Waals surface area (Å²) >= 11 is 0. The maximum atomic E-state index is 13.1. The van der Waals surface area contributed by atoms with E-state index in [2.05, 4.69) is 5.32 Å². The van der Waals surface area contributed by atoms with Crippen LogP contribution in [0.5, 0.6) is 11.5 Å². The van der Waals surface area contributed by atoms with Gasteiger partial charge in [0.05, 0.1) is 0 Å². The van der Waals surface area contributed by atoms with Gasteiger partial charge in [-0.05, 0) is 57.7 Å². The molecular weight excluding hydrogens is 362 g/mol. The number of nitrogens with one attached hydrogen (secondary N) is 1. The highest BCUT2D eigenvalue weighted by molar-refractivity contribution is 6.09. The van der Waals surface area contributed by atoms with Crippen LogP contribution < -0.4 is 14.8 Å². The van der Waals surface area contributed by atoms with Crippen molar-refractivity contribution < 1.29 is 23.9 Å². The third-order valence-corrected chi connectivity index (χ3v) is 6.00. The van der Waals surface area contributed by atoms with Crippen LogP contribution in [-0.4, -0.2) is 53.1 Å². The number of nitrogens with zero attached hydrogens (tertiary/aromatic N) is 2. The lowest BCUT2D eigenvalue weighted by Crippen LogP contribution is -2.52. The highest BCUT2D eigenvalue weighted by Crippen LogP contribution is 2.38. The van der Waals surface area contributed by atoms with Gasteiger partial charge in [0.25, 0.3) is 5.91 Å². The predicted octanol–water partition coefficient (Wildman–Crippen LogP) is 1.97. The quantitative estimate of drug-likeness (QED) is 0.801. The number of urea groups is 1. The minimum Gasteiger partial charge on any atom is -0.454 e. The van der Waals surface area contributed by atoms with E-state index in [1.165, 1.54) is 0 Å². The topological polar surface area (TPSA) is 88.2 Å². The van der Waals surface area contributed by atoms with Gasteiger partial charge in [0, 0.05) is 12.1 Å². The number of carbonyl (C=O) groups is 3. The molecule has 1 N–H and O–H groups in total. The van der Waals surface area contributed by atoms with E-state index in [0.717, 1.165) is 24.2 Å². The van der Waals surface area contributed by atoms with Crippen LogP contribution in [0.1, 0.15) is 45.6 Å². The Morgan fingerprint density at radius 3 is 2.57 bits per heavy atom. The van der Waals surface area contributed by atoms with Gasteiger partial charge < -0.3 is 19.7 Å².